The fourth-order valence-electron chi connectivity index (χ4n) is 4.00. The Morgan fingerprint density at radius 1 is 1.16 bits per heavy atom. The quantitative estimate of drug-likeness (QED) is 0.627. The first-order chi connectivity index (χ1) is 15.4. The third kappa shape index (κ3) is 4.61. The lowest BCUT2D eigenvalue weighted by Crippen LogP contribution is -2.49. The predicted octanol–water partition coefficient (Wildman–Crippen LogP) is 2.65. The summed E-state index contributed by atoms with van der Waals surface area (Å²) in [6, 6.07) is 17.0. The molecule has 3 atom stereocenters. The van der Waals surface area contributed by atoms with Crippen molar-refractivity contribution in [1.29, 1.82) is 0 Å². The molecule has 3 N–H and O–H groups in total. The van der Waals surface area contributed by atoms with Gasteiger partial charge < -0.3 is 16.0 Å². The van der Waals surface area contributed by atoms with E-state index in [1.165, 1.54) is 4.90 Å². The van der Waals surface area contributed by atoms with Crippen LogP contribution >= 0.6 is 0 Å². The number of carbonyl (C=O) groups is 3. The molecule has 7 heteroatoms. The molecular weight excluding hydrogens is 404 g/mol. The van der Waals surface area contributed by atoms with Gasteiger partial charge in [0.25, 0.3) is 5.91 Å². The number of amides is 3. The lowest BCUT2D eigenvalue weighted by Gasteiger charge is -2.25. The molecule has 1 unspecified atom stereocenters. The number of allylic oxidation sites excluding steroid dienone is 1. The maximum absolute atomic E-state index is 13.3. The summed E-state index contributed by atoms with van der Waals surface area (Å²) in [6.07, 6.45) is 1.10. The van der Waals surface area contributed by atoms with Crippen molar-refractivity contribution in [3.63, 3.8) is 0 Å². The number of primary amides is 1. The van der Waals surface area contributed by atoms with Gasteiger partial charge in [0, 0.05) is 24.1 Å². The van der Waals surface area contributed by atoms with E-state index in [9.17, 15) is 14.4 Å². The highest BCUT2D eigenvalue weighted by molar-refractivity contribution is 6.20. The molecule has 0 saturated heterocycles. The number of nitrogens with two attached hydrogens (primary N) is 1. The number of fused-ring (bicyclic) bond motifs is 1. The SMILES string of the molecule is C=CC[C@H](C(N)=O)[C@@H](CC)C(=O)NC1N=C(c2ccccc2)c2ccccc2N(C)C1=O. The van der Waals surface area contributed by atoms with Crippen LogP contribution in [-0.4, -0.2) is 36.6 Å². The zero-order valence-corrected chi connectivity index (χ0v) is 18.3. The smallest absolute Gasteiger partial charge is 0.272 e. The highest BCUT2D eigenvalue weighted by Crippen LogP contribution is 2.27. The maximum Gasteiger partial charge on any atom is 0.272 e. The van der Waals surface area contributed by atoms with E-state index in [1.54, 1.807) is 20.0 Å². The topological polar surface area (TPSA) is 105 Å². The summed E-state index contributed by atoms with van der Waals surface area (Å²) in [4.78, 5) is 44.5. The Morgan fingerprint density at radius 3 is 2.44 bits per heavy atom. The molecule has 0 bridgehead atoms. The van der Waals surface area contributed by atoms with E-state index < -0.39 is 29.8 Å². The van der Waals surface area contributed by atoms with Crippen molar-refractivity contribution >= 4 is 29.1 Å². The average Bonchev–Trinajstić information content (AvgIpc) is 2.90. The molecule has 1 aliphatic heterocycles. The third-order valence-corrected chi connectivity index (χ3v) is 5.72. The van der Waals surface area contributed by atoms with Crippen molar-refractivity contribution in [2.24, 2.45) is 22.6 Å². The molecule has 0 aromatic heterocycles. The van der Waals surface area contributed by atoms with E-state index in [-0.39, 0.29) is 12.3 Å². The van der Waals surface area contributed by atoms with Crippen molar-refractivity contribution in [2.75, 3.05) is 11.9 Å². The summed E-state index contributed by atoms with van der Waals surface area (Å²) in [5.41, 5.74) is 8.46. The highest BCUT2D eigenvalue weighted by atomic mass is 16.2. The third-order valence-electron chi connectivity index (χ3n) is 5.72. The molecule has 166 valence electrons. The molecule has 2 aromatic rings. The number of hydrogen-bond donors (Lipinski definition) is 2. The predicted molar refractivity (Wildman–Crippen MR) is 125 cm³/mol. The van der Waals surface area contributed by atoms with Crippen LogP contribution in [0.4, 0.5) is 5.69 Å². The van der Waals surface area contributed by atoms with Crippen molar-refractivity contribution in [3.05, 3.63) is 78.4 Å². The highest BCUT2D eigenvalue weighted by Gasteiger charge is 2.35. The first-order valence-corrected chi connectivity index (χ1v) is 10.6. The van der Waals surface area contributed by atoms with E-state index in [2.05, 4.69) is 16.9 Å². The molecule has 1 heterocycles. The number of carbonyl (C=O) groups excluding carboxylic acids is 3. The van der Waals surface area contributed by atoms with Gasteiger partial charge in [0.2, 0.25) is 18.0 Å². The Bertz CT molecular complexity index is 1050. The second-order valence-corrected chi connectivity index (χ2v) is 7.72. The molecule has 3 rings (SSSR count). The average molecular weight is 433 g/mol. The zero-order chi connectivity index (χ0) is 23.3. The van der Waals surface area contributed by atoms with Gasteiger partial charge in [-0.25, -0.2) is 4.99 Å². The largest absolute Gasteiger partial charge is 0.369 e. The number of rotatable bonds is 8. The van der Waals surface area contributed by atoms with Crippen molar-refractivity contribution in [1.82, 2.24) is 5.32 Å². The molecule has 0 aliphatic carbocycles. The number of nitrogens with one attached hydrogen (secondary N) is 1. The molecule has 1 aliphatic rings. The minimum absolute atomic E-state index is 0.281. The number of benzene rings is 2. The lowest BCUT2D eigenvalue weighted by atomic mass is 9.86. The van der Waals surface area contributed by atoms with Gasteiger partial charge in [0.15, 0.2) is 0 Å². The monoisotopic (exact) mass is 432 g/mol. The molecule has 32 heavy (non-hydrogen) atoms. The van der Waals surface area contributed by atoms with Gasteiger partial charge in [-0.3, -0.25) is 14.4 Å². The zero-order valence-electron chi connectivity index (χ0n) is 18.3. The van der Waals surface area contributed by atoms with Gasteiger partial charge in [-0.05, 0) is 18.9 Å². The van der Waals surface area contributed by atoms with Crippen LogP contribution in [0.5, 0.6) is 0 Å². The van der Waals surface area contributed by atoms with Crippen LogP contribution in [0, 0.1) is 11.8 Å². The first-order valence-electron chi connectivity index (χ1n) is 10.6. The maximum atomic E-state index is 13.3. The van der Waals surface area contributed by atoms with Crippen LogP contribution in [0.3, 0.4) is 0 Å². The van der Waals surface area contributed by atoms with Gasteiger partial charge in [0.1, 0.15) is 0 Å². The van der Waals surface area contributed by atoms with Gasteiger partial charge in [-0.15, -0.1) is 6.58 Å². The Kier molecular flexibility index (Phi) is 7.20. The van der Waals surface area contributed by atoms with Crippen molar-refractivity contribution in [2.45, 2.75) is 25.9 Å². The van der Waals surface area contributed by atoms with E-state index in [0.717, 1.165) is 11.1 Å². The standard InChI is InChI=1S/C25H28N4O3/c1-4-11-18(22(26)30)17(5-2)24(31)28-23-25(32)29(3)20-15-10-9-14-19(20)21(27-23)16-12-7-6-8-13-16/h4,6-10,12-15,17-18,23H,1,5,11H2,2-3H3,(H2,26,30)(H,28,31)/t17-,18+,23?/m1/s1. The molecular formula is C25H28N4O3. The van der Waals surface area contributed by atoms with Gasteiger partial charge >= 0.3 is 0 Å². The minimum Gasteiger partial charge on any atom is -0.369 e. The molecule has 0 spiro atoms. The summed E-state index contributed by atoms with van der Waals surface area (Å²) < 4.78 is 0. The fraction of sp³-hybridized carbons (Fsp3) is 0.280. The van der Waals surface area contributed by atoms with E-state index in [1.807, 2.05) is 54.6 Å². The van der Waals surface area contributed by atoms with Crippen LogP contribution in [0.1, 0.15) is 30.9 Å². The van der Waals surface area contributed by atoms with Gasteiger partial charge in [-0.2, -0.15) is 0 Å². The molecule has 2 aromatic carbocycles. The molecule has 0 saturated carbocycles. The van der Waals surface area contributed by atoms with Crippen LogP contribution in [0.2, 0.25) is 0 Å². The number of hydrogen-bond acceptors (Lipinski definition) is 4. The fourth-order valence-corrected chi connectivity index (χ4v) is 4.00. The summed E-state index contributed by atoms with van der Waals surface area (Å²) >= 11 is 0. The van der Waals surface area contributed by atoms with Crippen molar-refractivity contribution < 1.29 is 14.4 Å². The van der Waals surface area contributed by atoms with Crippen LogP contribution in [0.15, 0.2) is 72.2 Å². The van der Waals surface area contributed by atoms with E-state index in [0.29, 0.717) is 17.8 Å². The number of anilines is 1. The Labute approximate surface area is 188 Å². The second-order valence-electron chi connectivity index (χ2n) is 7.72. The second kappa shape index (κ2) is 10.0. The number of benzodiazepines with no additional fused rings is 1. The number of para-hydroxylation sites is 1. The Hall–Kier alpha value is -3.74. The van der Waals surface area contributed by atoms with E-state index in [4.69, 9.17) is 5.73 Å². The Morgan fingerprint density at radius 2 is 1.81 bits per heavy atom. The van der Waals surface area contributed by atoms with Crippen LogP contribution in [0.25, 0.3) is 0 Å². The number of aliphatic imine (C=N–C) groups is 1. The molecule has 0 fully saturated rings. The van der Waals surface area contributed by atoms with Gasteiger partial charge in [-0.1, -0.05) is 61.5 Å². The van der Waals surface area contributed by atoms with Crippen LogP contribution < -0.4 is 16.0 Å². The minimum atomic E-state index is -1.14. The molecule has 3 amide bonds. The first kappa shape index (κ1) is 22.9. The Balaban J connectivity index is 2.02. The summed E-state index contributed by atoms with van der Waals surface area (Å²) in [7, 11) is 1.66. The van der Waals surface area contributed by atoms with Gasteiger partial charge in [0.05, 0.1) is 17.3 Å². The number of nitrogens with zero attached hydrogens (tertiary/aromatic N) is 2. The summed E-state index contributed by atoms with van der Waals surface area (Å²) in [6.45, 7) is 5.46. The number of likely N-dealkylation sites (N-methyl/N-ethyl adjacent to an activating group) is 1. The summed E-state index contributed by atoms with van der Waals surface area (Å²) in [5.74, 6) is -2.77. The molecule has 7 nitrogen and oxygen atoms in total. The lowest BCUT2D eigenvalue weighted by molar-refractivity contribution is -0.135. The van der Waals surface area contributed by atoms with Crippen LogP contribution in [-0.2, 0) is 14.4 Å². The van der Waals surface area contributed by atoms with Crippen molar-refractivity contribution in [3.8, 4) is 0 Å². The van der Waals surface area contributed by atoms with E-state index >= 15 is 0 Å². The molecule has 0 radical (unpaired) electrons. The normalized spacial score (nSPS) is 17.4. The summed E-state index contributed by atoms with van der Waals surface area (Å²) in [5, 5.41) is 2.76.